The molecule has 0 spiro atoms. The lowest BCUT2D eigenvalue weighted by molar-refractivity contribution is 0.259. The van der Waals surface area contributed by atoms with E-state index in [1.54, 1.807) is 31.3 Å². The van der Waals surface area contributed by atoms with E-state index in [9.17, 15) is 13.5 Å². The van der Waals surface area contributed by atoms with Gasteiger partial charge in [0.05, 0.1) is 12.6 Å². The smallest absolute Gasteiger partial charge is 0.246 e. The van der Waals surface area contributed by atoms with E-state index in [1.165, 1.54) is 10.9 Å². The number of nitrogens with zero attached hydrogens (tertiary/aromatic N) is 2. The van der Waals surface area contributed by atoms with Crippen LogP contribution in [-0.4, -0.2) is 29.9 Å². The number of sulfonamides is 1. The predicted octanol–water partition coefficient (Wildman–Crippen LogP) is 0.0142. The highest BCUT2D eigenvalue weighted by Crippen LogP contribution is 2.20. The molecule has 0 radical (unpaired) electrons. The fraction of sp³-hybridized carbons (Fsp3) is 0.250. The highest BCUT2D eigenvalue weighted by molar-refractivity contribution is 7.89. The van der Waals surface area contributed by atoms with Gasteiger partial charge in [-0.2, -0.15) is 5.10 Å². The molecule has 2 rings (SSSR count). The van der Waals surface area contributed by atoms with Crippen molar-refractivity contribution in [1.29, 1.82) is 0 Å². The largest absolute Gasteiger partial charge is 0.394 e. The van der Waals surface area contributed by atoms with Gasteiger partial charge in [0, 0.05) is 13.2 Å². The molecule has 20 heavy (non-hydrogen) atoms. The van der Waals surface area contributed by atoms with Crippen molar-refractivity contribution in [3.05, 3.63) is 42.1 Å². The van der Waals surface area contributed by atoms with Crippen molar-refractivity contribution in [1.82, 2.24) is 14.5 Å². The van der Waals surface area contributed by atoms with Crippen molar-refractivity contribution < 1.29 is 13.5 Å². The number of anilines is 1. The maximum atomic E-state index is 12.3. The zero-order chi connectivity index (χ0) is 14.8. The predicted molar refractivity (Wildman–Crippen MR) is 74.2 cm³/mol. The lowest BCUT2D eigenvalue weighted by atomic mass is 10.1. The van der Waals surface area contributed by atoms with Crippen molar-refractivity contribution in [2.75, 3.05) is 12.3 Å². The molecule has 108 valence electrons. The number of nitrogens with two attached hydrogens (primary N) is 1. The summed E-state index contributed by atoms with van der Waals surface area (Å²) in [5.74, 6) is -0.0789. The number of rotatable bonds is 5. The third kappa shape index (κ3) is 2.98. The van der Waals surface area contributed by atoms with E-state index >= 15 is 0 Å². The number of aliphatic hydroxyl groups is 1. The molecule has 8 heteroatoms. The number of nitrogen functional groups attached to an aromatic ring is 1. The Morgan fingerprint density at radius 1 is 1.40 bits per heavy atom. The first-order chi connectivity index (χ1) is 9.44. The monoisotopic (exact) mass is 296 g/mol. The van der Waals surface area contributed by atoms with Crippen LogP contribution in [0.2, 0.25) is 0 Å². The molecule has 0 bridgehead atoms. The van der Waals surface area contributed by atoms with Gasteiger partial charge in [-0.15, -0.1) is 0 Å². The Labute approximate surface area is 117 Å². The number of benzene rings is 1. The van der Waals surface area contributed by atoms with Gasteiger partial charge in [-0.05, 0) is 5.56 Å². The second-order valence-corrected chi connectivity index (χ2v) is 6.00. The molecule has 7 nitrogen and oxygen atoms in total. The Balaban J connectivity index is 2.29. The highest BCUT2D eigenvalue weighted by Gasteiger charge is 2.24. The molecule has 1 heterocycles. The van der Waals surface area contributed by atoms with E-state index < -0.39 is 16.1 Å². The van der Waals surface area contributed by atoms with Gasteiger partial charge in [0.2, 0.25) is 10.0 Å². The Morgan fingerprint density at radius 2 is 2.05 bits per heavy atom. The fourth-order valence-corrected chi connectivity index (χ4v) is 3.16. The van der Waals surface area contributed by atoms with Gasteiger partial charge in [-0.25, -0.2) is 13.1 Å². The van der Waals surface area contributed by atoms with Crippen LogP contribution in [0.5, 0.6) is 0 Å². The highest BCUT2D eigenvalue weighted by atomic mass is 32.2. The van der Waals surface area contributed by atoms with E-state index in [4.69, 9.17) is 5.73 Å². The van der Waals surface area contributed by atoms with E-state index in [0.29, 0.717) is 5.56 Å². The molecule has 0 saturated heterocycles. The Morgan fingerprint density at radius 3 is 2.55 bits per heavy atom. The van der Waals surface area contributed by atoms with Gasteiger partial charge in [0.25, 0.3) is 0 Å². The molecule has 0 saturated carbocycles. The summed E-state index contributed by atoms with van der Waals surface area (Å²) >= 11 is 0. The minimum atomic E-state index is -3.85. The fourth-order valence-electron chi connectivity index (χ4n) is 1.84. The summed E-state index contributed by atoms with van der Waals surface area (Å²) in [6.07, 6.45) is 1.32. The zero-order valence-electron chi connectivity index (χ0n) is 10.9. The zero-order valence-corrected chi connectivity index (χ0v) is 11.7. The van der Waals surface area contributed by atoms with E-state index in [2.05, 4.69) is 9.82 Å². The van der Waals surface area contributed by atoms with Gasteiger partial charge in [-0.1, -0.05) is 30.3 Å². The van der Waals surface area contributed by atoms with Crippen LogP contribution in [0.25, 0.3) is 0 Å². The van der Waals surface area contributed by atoms with Crippen LogP contribution in [0.4, 0.5) is 5.82 Å². The minimum Gasteiger partial charge on any atom is -0.394 e. The lowest BCUT2D eigenvalue weighted by Crippen LogP contribution is -2.31. The van der Waals surface area contributed by atoms with Crippen molar-refractivity contribution in [2.24, 2.45) is 7.05 Å². The summed E-state index contributed by atoms with van der Waals surface area (Å²) in [6, 6.07) is 8.08. The van der Waals surface area contributed by atoms with Gasteiger partial charge < -0.3 is 10.8 Å². The molecule has 2 aromatic rings. The average Bonchev–Trinajstić information content (AvgIpc) is 2.77. The summed E-state index contributed by atoms with van der Waals surface area (Å²) in [6.45, 7) is -0.358. The molecule has 0 aliphatic rings. The summed E-state index contributed by atoms with van der Waals surface area (Å²) in [4.78, 5) is -0.102. The number of aromatic nitrogens is 2. The Bertz CT molecular complexity index is 682. The molecule has 0 aliphatic heterocycles. The van der Waals surface area contributed by atoms with Crippen molar-refractivity contribution in [3.63, 3.8) is 0 Å². The standard InChI is InChI=1S/C12H16N4O3S/c1-16-7-11(12(13)14-16)20(18,19)15-10(8-17)9-5-3-2-4-6-9/h2-7,10,15,17H,8H2,1H3,(H2,13,14). The van der Waals surface area contributed by atoms with Gasteiger partial charge >= 0.3 is 0 Å². The summed E-state index contributed by atoms with van der Waals surface area (Å²) in [5, 5.41) is 13.2. The Hall–Kier alpha value is -1.90. The first kappa shape index (κ1) is 14.5. The molecular weight excluding hydrogens is 280 g/mol. The molecule has 0 aliphatic carbocycles. The van der Waals surface area contributed by atoms with Crippen molar-refractivity contribution >= 4 is 15.8 Å². The SMILES string of the molecule is Cn1cc(S(=O)(=O)NC(CO)c2ccccc2)c(N)n1. The van der Waals surface area contributed by atoms with Crippen molar-refractivity contribution in [2.45, 2.75) is 10.9 Å². The van der Waals surface area contributed by atoms with E-state index in [1.807, 2.05) is 6.07 Å². The topological polar surface area (TPSA) is 110 Å². The summed E-state index contributed by atoms with van der Waals surface area (Å²) in [5.41, 5.74) is 6.24. The maximum absolute atomic E-state index is 12.3. The van der Waals surface area contributed by atoms with Gasteiger partial charge in [-0.3, -0.25) is 4.68 Å². The quantitative estimate of drug-likeness (QED) is 0.720. The summed E-state index contributed by atoms with van der Waals surface area (Å²) in [7, 11) is -2.27. The molecule has 4 N–H and O–H groups in total. The van der Waals surface area contributed by atoms with Crippen LogP contribution >= 0.6 is 0 Å². The second-order valence-electron chi connectivity index (χ2n) is 4.32. The molecule has 1 aromatic carbocycles. The van der Waals surface area contributed by atoms with Crippen LogP contribution in [0.1, 0.15) is 11.6 Å². The number of aliphatic hydroxyl groups excluding tert-OH is 1. The van der Waals surface area contributed by atoms with Crippen LogP contribution < -0.4 is 10.5 Å². The normalized spacial score (nSPS) is 13.3. The van der Waals surface area contributed by atoms with Gasteiger partial charge in [0.15, 0.2) is 5.82 Å². The average molecular weight is 296 g/mol. The first-order valence-electron chi connectivity index (χ1n) is 5.91. The molecule has 0 amide bonds. The first-order valence-corrected chi connectivity index (χ1v) is 7.39. The summed E-state index contributed by atoms with van der Waals surface area (Å²) < 4.78 is 28.2. The Kier molecular flexibility index (Phi) is 4.07. The molecule has 1 aromatic heterocycles. The van der Waals surface area contributed by atoms with Crippen molar-refractivity contribution in [3.8, 4) is 0 Å². The second kappa shape index (κ2) is 5.61. The van der Waals surface area contributed by atoms with Crippen LogP contribution in [0.15, 0.2) is 41.4 Å². The van der Waals surface area contributed by atoms with E-state index in [0.717, 1.165) is 0 Å². The number of hydrogen-bond donors (Lipinski definition) is 3. The number of hydrogen-bond acceptors (Lipinski definition) is 5. The molecule has 0 fully saturated rings. The molecular formula is C12H16N4O3S. The maximum Gasteiger partial charge on any atom is 0.246 e. The lowest BCUT2D eigenvalue weighted by Gasteiger charge is -2.16. The molecule has 1 atom stereocenters. The molecule has 1 unspecified atom stereocenters. The number of nitrogens with one attached hydrogen (secondary N) is 1. The number of aryl methyl sites for hydroxylation is 1. The third-order valence-corrected chi connectivity index (χ3v) is 4.28. The van der Waals surface area contributed by atoms with Crippen LogP contribution in [0, 0.1) is 0 Å². The van der Waals surface area contributed by atoms with E-state index in [-0.39, 0.29) is 17.3 Å². The van der Waals surface area contributed by atoms with Crippen LogP contribution in [-0.2, 0) is 17.1 Å². The minimum absolute atomic E-state index is 0.0789. The van der Waals surface area contributed by atoms with Gasteiger partial charge in [0.1, 0.15) is 4.90 Å². The third-order valence-electron chi connectivity index (χ3n) is 2.79. The van der Waals surface area contributed by atoms with Crippen LogP contribution in [0.3, 0.4) is 0 Å².